The van der Waals surface area contributed by atoms with Crippen LogP contribution in [0.4, 0.5) is 0 Å². The van der Waals surface area contributed by atoms with Crippen LogP contribution in [-0.2, 0) is 7.05 Å². The first-order valence-electron chi connectivity index (χ1n) is 6.59. The number of aromatic nitrogens is 1. The summed E-state index contributed by atoms with van der Waals surface area (Å²) in [7, 11) is 1.66. The number of pyridine rings is 1. The first kappa shape index (κ1) is 15.4. The number of unbranched alkanes of at least 4 members (excludes halogenated alkanes) is 1. The lowest BCUT2D eigenvalue weighted by Gasteiger charge is -2.20. The van der Waals surface area contributed by atoms with Gasteiger partial charge in [-0.05, 0) is 38.8 Å². The van der Waals surface area contributed by atoms with E-state index < -0.39 is 0 Å². The fourth-order valence-corrected chi connectivity index (χ4v) is 1.88. The summed E-state index contributed by atoms with van der Waals surface area (Å²) in [6.07, 6.45) is 1.40. The second kappa shape index (κ2) is 7.09. The molecule has 1 aromatic heterocycles. The standard InChI is InChI=1S/C14H22N2O3/c1-4-16(9-5-6-10-17)14(19)12-8-7-11(2)15(3)13(12)18/h7-8,17H,4-6,9-10H2,1-3H3. The number of aliphatic hydroxyl groups excluding tert-OH is 1. The lowest BCUT2D eigenvalue weighted by atomic mass is 10.2. The van der Waals surface area contributed by atoms with Gasteiger partial charge in [-0.1, -0.05) is 0 Å². The van der Waals surface area contributed by atoms with Crippen molar-refractivity contribution < 1.29 is 9.90 Å². The van der Waals surface area contributed by atoms with Crippen LogP contribution < -0.4 is 5.56 Å². The molecular formula is C14H22N2O3. The Hall–Kier alpha value is -1.62. The second-order valence-electron chi connectivity index (χ2n) is 4.57. The third-order valence-electron chi connectivity index (χ3n) is 3.29. The Morgan fingerprint density at radius 3 is 2.63 bits per heavy atom. The van der Waals surface area contributed by atoms with E-state index in [-0.39, 0.29) is 23.6 Å². The molecule has 1 rings (SSSR count). The first-order chi connectivity index (χ1) is 9.02. The monoisotopic (exact) mass is 266 g/mol. The van der Waals surface area contributed by atoms with E-state index in [1.807, 2.05) is 13.8 Å². The molecule has 0 unspecified atom stereocenters. The van der Waals surface area contributed by atoms with Crippen LogP contribution in [0.5, 0.6) is 0 Å². The summed E-state index contributed by atoms with van der Waals surface area (Å²) in [6.45, 7) is 4.95. The summed E-state index contributed by atoms with van der Waals surface area (Å²) in [5.41, 5.74) is 0.773. The number of aliphatic hydroxyl groups is 1. The average molecular weight is 266 g/mol. The first-order valence-corrected chi connectivity index (χ1v) is 6.59. The number of carbonyl (C=O) groups excluding carboxylic acids is 1. The fourth-order valence-electron chi connectivity index (χ4n) is 1.88. The van der Waals surface area contributed by atoms with Crippen LogP contribution in [0.25, 0.3) is 0 Å². The topological polar surface area (TPSA) is 62.5 Å². The lowest BCUT2D eigenvalue weighted by Crippen LogP contribution is -2.37. The van der Waals surface area contributed by atoms with Crippen molar-refractivity contribution in [2.24, 2.45) is 7.05 Å². The SMILES string of the molecule is CCN(CCCCO)C(=O)c1ccc(C)n(C)c1=O. The molecule has 106 valence electrons. The third-order valence-corrected chi connectivity index (χ3v) is 3.29. The Balaban J connectivity index is 2.92. The van der Waals surface area contributed by atoms with Gasteiger partial charge in [0, 0.05) is 32.4 Å². The van der Waals surface area contributed by atoms with Crippen LogP contribution in [0.1, 0.15) is 35.8 Å². The molecule has 0 saturated heterocycles. The summed E-state index contributed by atoms with van der Waals surface area (Å²) in [6, 6.07) is 3.37. The van der Waals surface area contributed by atoms with Gasteiger partial charge in [0.1, 0.15) is 5.56 Å². The highest BCUT2D eigenvalue weighted by molar-refractivity contribution is 5.93. The Kier molecular flexibility index (Phi) is 5.76. The Morgan fingerprint density at radius 2 is 2.05 bits per heavy atom. The fraction of sp³-hybridized carbons (Fsp3) is 0.571. The number of aryl methyl sites for hydroxylation is 1. The predicted octanol–water partition coefficient (Wildman–Crippen LogP) is 0.928. The molecule has 1 aromatic rings. The molecule has 1 amide bonds. The Morgan fingerprint density at radius 1 is 1.37 bits per heavy atom. The molecule has 0 spiro atoms. The molecule has 19 heavy (non-hydrogen) atoms. The van der Waals surface area contributed by atoms with Crippen molar-refractivity contribution in [3.8, 4) is 0 Å². The number of rotatable bonds is 6. The zero-order chi connectivity index (χ0) is 14.4. The van der Waals surface area contributed by atoms with Gasteiger partial charge in [0.15, 0.2) is 0 Å². The largest absolute Gasteiger partial charge is 0.396 e. The molecule has 0 aliphatic rings. The molecule has 0 aliphatic heterocycles. The number of nitrogens with zero attached hydrogens (tertiary/aromatic N) is 2. The minimum atomic E-state index is -0.259. The number of hydrogen-bond donors (Lipinski definition) is 1. The van der Waals surface area contributed by atoms with Crippen LogP contribution >= 0.6 is 0 Å². The van der Waals surface area contributed by atoms with Crippen LogP contribution in [0.15, 0.2) is 16.9 Å². The van der Waals surface area contributed by atoms with Crippen molar-refractivity contribution in [1.82, 2.24) is 9.47 Å². The van der Waals surface area contributed by atoms with Gasteiger partial charge < -0.3 is 14.6 Å². The maximum Gasteiger partial charge on any atom is 0.263 e. The van der Waals surface area contributed by atoms with Gasteiger partial charge in [-0.15, -0.1) is 0 Å². The minimum Gasteiger partial charge on any atom is -0.396 e. The maximum absolute atomic E-state index is 12.3. The van der Waals surface area contributed by atoms with E-state index in [2.05, 4.69) is 0 Å². The van der Waals surface area contributed by atoms with Gasteiger partial charge in [-0.25, -0.2) is 0 Å². The maximum atomic E-state index is 12.3. The van der Waals surface area contributed by atoms with Crippen LogP contribution in [-0.4, -0.2) is 40.2 Å². The van der Waals surface area contributed by atoms with Crippen LogP contribution in [0.2, 0.25) is 0 Å². The van der Waals surface area contributed by atoms with Crippen molar-refractivity contribution in [2.75, 3.05) is 19.7 Å². The molecule has 0 bridgehead atoms. The molecule has 1 N–H and O–H groups in total. The second-order valence-corrected chi connectivity index (χ2v) is 4.57. The highest BCUT2D eigenvalue weighted by Crippen LogP contribution is 2.04. The molecule has 0 fully saturated rings. The van der Waals surface area contributed by atoms with Gasteiger partial charge in [0.05, 0.1) is 0 Å². The molecule has 0 aromatic carbocycles. The van der Waals surface area contributed by atoms with E-state index in [4.69, 9.17) is 5.11 Å². The Labute approximate surface area is 113 Å². The smallest absolute Gasteiger partial charge is 0.263 e. The van der Waals surface area contributed by atoms with Gasteiger partial charge in [0.25, 0.3) is 11.5 Å². The zero-order valence-corrected chi connectivity index (χ0v) is 11.8. The molecule has 0 atom stereocenters. The van der Waals surface area contributed by atoms with Gasteiger partial charge >= 0.3 is 0 Å². The van der Waals surface area contributed by atoms with Gasteiger partial charge in [0.2, 0.25) is 0 Å². The molecule has 0 aliphatic carbocycles. The number of amides is 1. The quantitative estimate of drug-likeness (QED) is 0.779. The molecule has 0 radical (unpaired) electrons. The van der Waals surface area contributed by atoms with E-state index in [0.29, 0.717) is 19.5 Å². The summed E-state index contributed by atoms with van der Waals surface area (Å²) in [5, 5.41) is 8.76. The third kappa shape index (κ3) is 3.67. The zero-order valence-electron chi connectivity index (χ0n) is 11.8. The summed E-state index contributed by atoms with van der Waals surface area (Å²) < 4.78 is 1.48. The molecule has 5 heteroatoms. The van der Waals surface area contributed by atoms with E-state index in [1.165, 1.54) is 4.57 Å². The van der Waals surface area contributed by atoms with Crippen molar-refractivity contribution in [1.29, 1.82) is 0 Å². The molecule has 0 saturated carbocycles. The van der Waals surface area contributed by atoms with Crippen molar-refractivity contribution in [2.45, 2.75) is 26.7 Å². The van der Waals surface area contributed by atoms with E-state index in [9.17, 15) is 9.59 Å². The number of carbonyl (C=O) groups is 1. The van der Waals surface area contributed by atoms with Crippen molar-refractivity contribution in [3.05, 3.63) is 33.7 Å². The van der Waals surface area contributed by atoms with E-state index >= 15 is 0 Å². The molecule has 1 heterocycles. The predicted molar refractivity (Wildman–Crippen MR) is 74.3 cm³/mol. The molecule has 5 nitrogen and oxygen atoms in total. The molecular weight excluding hydrogens is 244 g/mol. The Bertz CT molecular complexity index is 494. The number of hydrogen-bond acceptors (Lipinski definition) is 3. The highest BCUT2D eigenvalue weighted by Gasteiger charge is 2.18. The van der Waals surface area contributed by atoms with Gasteiger partial charge in [-0.3, -0.25) is 9.59 Å². The summed E-state index contributed by atoms with van der Waals surface area (Å²) in [5.74, 6) is -0.235. The van der Waals surface area contributed by atoms with Crippen LogP contribution in [0.3, 0.4) is 0 Å². The average Bonchev–Trinajstić information content (AvgIpc) is 2.41. The van der Waals surface area contributed by atoms with Crippen molar-refractivity contribution >= 4 is 5.91 Å². The van der Waals surface area contributed by atoms with Crippen molar-refractivity contribution in [3.63, 3.8) is 0 Å². The highest BCUT2D eigenvalue weighted by atomic mass is 16.3. The van der Waals surface area contributed by atoms with E-state index in [0.717, 1.165) is 12.1 Å². The minimum absolute atomic E-state index is 0.123. The normalized spacial score (nSPS) is 10.5. The van der Waals surface area contributed by atoms with Crippen LogP contribution in [0, 0.1) is 6.92 Å². The summed E-state index contributed by atoms with van der Waals surface area (Å²) >= 11 is 0. The van der Waals surface area contributed by atoms with Gasteiger partial charge in [-0.2, -0.15) is 0 Å². The van der Waals surface area contributed by atoms with E-state index in [1.54, 1.807) is 24.1 Å². The summed E-state index contributed by atoms with van der Waals surface area (Å²) in [4.78, 5) is 26.0. The lowest BCUT2D eigenvalue weighted by molar-refractivity contribution is 0.0756.